The standard InChI is InChI=1S/C19H19ClF3NO3S/c20-16-6-4-14(5-7-16)15-3-1-2-12-24(13-15)28(25,26)18-10-8-17(9-11-18)27-19(21,22)23/h4-11,15H,1-3,12-13H2. The third-order valence-electron chi connectivity index (χ3n) is 4.67. The Balaban J connectivity index is 1.80. The number of alkyl halides is 3. The van der Waals surface area contributed by atoms with Crippen molar-refractivity contribution in [2.45, 2.75) is 36.4 Å². The number of rotatable bonds is 4. The molecule has 0 aromatic heterocycles. The van der Waals surface area contributed by atoms with E-state index in [1.54, 1.807) is 12.1 Å². The van der Waals surface area contributed by atoms with Crippen LogP contribution < -0.4 is 4.74 Å². The number of sulfonamides is 1. The highest BCUT2D eigenvalue weighted by atomic mass is 35.5. The maximum atomic E-state index is 13.0. The highest BCUT2D eigenvalue weighted by molar-refractivity contribution is 7.89. The third-order valence-corrected chi connectivity index (χ3v) is 6.80. The van der Waals surface area contributed by atoms with Crippen molar-refractivity contribution in [3.63, 3.8) is 0 Å². The van der Waals surface area contributed by atoms with E-state index >= 15 is 0 Å². The molecule has 0 amide bonds. The zero-order chi connectivity index (χ0) is 20.4. The molecule has 2 aromatic carbocycles. The molecule has 0 aliphatic carbocycles. The van der Waals surface area contributed by atoms with Crippen molar-refractivity contribution in [3.8, 4) is 5.75 Å². The van der Waals surface area contributed by atoms with E-state index in [2.05, 4.69) is 4.74 Å². The van der Waals surface area contributed by atoms with Crippen molar-refractivity contribution in [3.05, 3.63) is 59.1 Å². The van der Waals surface area contributed by atoms with E-state index < -0.39 is 22.1 Å². The summed E-state index contributed by atoms with van der Waals surface area (Å²) in [7, 11) is -3.82. The zero-order valence-electron chi connectivity index (χ0n) is 14.8. The lowest BCUT2D eigenvalue weighted by Gasteiger charge is -2.24. The van der Waals surface area contributed by atoms with Crippen LogP contribution >= 0.6 is 11.6 Å². The molecule has 1 unspecified atom stereocenters. The largest absolute Gasteiger partial charge is 0.573 e. The van der Waals surface area contributed by atoms with E-state index in [0.717, 1.165) is 49.1 Å². The summed E-state index contributed by atoms with van der Waals surface area (Å²) in [5.74, 6) is -0.427. The first-order valence-electron chi connectivity index (χ1n) is 8.76. The van der Waals surface area contributed by atoms with Gasteiger partial charge in [-0.3, -0.25) is 0 Å². The van der Waals surface area contributed by atoms with Crippen molar-refractivity contribution in [1.29, 1.82) is 0 Å². The molecular weight excluding hydrogens is 415 g/mol. The lowest BCUT2D eigenvalue weighted by molar-refractivity contribution is -0.274. The first-order valence-corrected chi connectivity index (χ1v) is 10.6. The number of halogens is 4. The summed E-state index contributed by atoms with van der Waals surface area (Å²) in [4.78, 5) is -0.0567. The van der Waals surface area contributed by atoms with Crippen LogP contribution in [0.1, 0.15) is 30.7 Å². The molecule has 152 valence electrons. The Morgan fingerprint density at radius 3 is 2.25 bits per heavy atom. The first kappa shape index (κ1) is 21.0. The molecule has 2 aromatic rings. The normalized spacial score (nSPS) is 19.2. The molecule has 1 heterocycles. The quantitative estimate of drug-likeness (QED) is 0.666. The summed E-state index contributed by atoms with van der Waals surface area (Å²) in [6, 6.07) is 11.6. The highest BCUT2D eigenvalue weighted by Gasteiger charge is 2.32. The van der Waals surface area contributed by atoms with Crippen LogP contribution in [0.2, 0.25) is 5.02 Å². The van der Waals surface area contributed by atoms with Crippen molar-refractivity contribution >= 4 is 21.6 Å². The average molecular weight is 434 g/mol. The Labute approximate surface area is 166 Å². The molecule has 0 saturated carbocycles. The summed E-state index contributed by atoms with van der Waals surface area (Å²) in [5, 5.41) is 0.614. The molecule has 9 heteroatoms. The van der Waals surface area contributed by atoms with Crippen LogP contribution in [0.15, 0.2) is 53.4 Å². The fraction of sp³-hybridized carbons (Fsp3) is 0.368. The Kier molecular flexibility index (Phi) is 6.21. The minimum atomic E-state index is -4.82. The van der Waals surface area contributed by atoms with E-state index in [0.29, 0.717) is 18.1 Å². The lowest BCUT2D eigenvalue weighted by Crippen LogP contribution is -2.34. The smallest absolute Gasteiger partial charge is 0.406 e. The van der Waals surface area contributed by atoms with Crippen LogP contribution in [0.5, 0.6) is 5.75 Å². The van der Waals surface area contributed by atoms with Crippen LogP contribution in [0, 0.1) is 0 Å². The van der Waals surface area contributed by atoms with Gasteiger partial charge in [0.25, 0.3) is 0 Å². The molecule has 1 aliphatic heterocycles. The number of hydrogen-bond donors (Lipinski definition) is 0. The van der Waals surface area contributed by atoms with E-state index in [4.69, 9.17) is 11.6 Å². The fourth-order valence-electron chi connectivity index (χ4n) is 3.29. The van der Waals surface area contributed by atoms with Gasteiger partial charge in [0.2, 0.25) is 10.0 Å². The highest BCUT2D eigenvalue weighted by Crippen LogP contribution is 2.31. The summed E-state index contributed by atoms with van der Waals surface area (Å²) < 4.78 is 68.1. The van der Waals surface area contributed by atoms with Crippen LogP contribution in [0.25, 0.3) is 0 Å². The van der Waals surface area contributed by atoms with Gasteiger partial charge in [-0.2, -0.15) is 4.31 Å². The Hall–Kier alpha value is -1.77. The van der Waals surface area contributed by atoms with Crippen LogP contribution in [-0.2, 0) is 10.0 Å². The number of nitrogens with zero attached hydrogens (tertiary/aromatic N) is 1. The van der Waals surface area contributed by atoms with Crippen molar-refractivity contribution < 1.29 is 26.3 Å². The van der Waals surface area contributed by atoms with Gasteiger partial charge in [-0.1, -0.05) is 30.2 Å². The maximum absolute atomic E-state index is 13.0. The minimum Gasteiger partial charge on any atom is -0.406 e. The summed E-state index contributed by atoms with van der Waals surface area (Å²) in [6.07, 6.45) is -2.36. The predicted octanol–water partition coefficient (Wildman–Crippen LogP) is 5.20. The van der Waals surface area contributed by atoms with Crippen molar-refractivity contribution in [2.75, 3.05) is 13.1 Å². The Morgan fingerprint density at radius 1 is 1.00 bits per heavy atom. The SMILES string of the molecule is O=S(=O)(c1ccc(OC(F)(F)F)cc1)N1CCCCC(c2ccc(Cl)cc2)C1. The van der Waals surface area contributed by atoms with Crippen LogP contribution in [0.3, 0.4) is 0 Å². The zero-order valence-corrected chi connectivity index (χ0v) is 16.4. The van der Waals surface area contributed by atoms with Gasteiger partial charge >= 0.3 is 6.36 Å². The van der Waals surface area contributed by atoms with E-state index in [9.17, 15) is 21.6 Å². The van der Waals surface area contributed by atoms with Gasteiger partial charge < -0.3 is 4.74 Å². The predicted molar refractivity (Wildman–Crippen MR) is 99.9 cm³/mol. The number of hydrogen-bond acceptors (Lipinski definition) is 3. The molecule has 0 N–H and O–H groups in total. The molecule has 1 atom stereocenters. The Morgan fingerprint density at radius 2 is 1.64 bits per heavy atom. The number of benzene rings is 2. The first-order chi connectivity index (χ1) is 13.1. The molecule has 1 saturated heterocycles. The summed E-state index contributed by atoms with van der Waals surface area (Å²) in [5.41, 5.74) is 1.01. The van der Waals surface area contributed by atoms with Gasteiger partial charge in [0.1, 0.15) is 5.75 Å². The minimum absolute atomic E-state index is 0.0300. The molecule has 1 fully saturated rings. The van der Waals surface area contributed by atoms with Gasteiger partial charge in [0.15, 0.2) is 0 Å². The topological polar surface area (TPSA) is 46.6 Å². The number of ether oxygens (including phenoxy) is 1. The second-order valence-corrected chi connectivity index (χ2v) is 9.00. The Bertz CT molecular complexity index is 900. The summed E-state index contributed by atoms with van der Waals surface area (Å²) >= 11 is 5.93. The monoisotopic (exact) mass is 433 g/mol. The molecule has 4 nitrogen and oxygen atoms in total. The van der Waals surface area contributed by atoms with Crippen LogP contribution in [-0.4, -0.2) is 32.2 Å². The maximum Gasteiger partial charge on any atom is 0.573 e. The molecule has 0 spiro atoms. The second kappa shape index (κ2) is 8.31. The third kappa shape index (κ3) is 5.18. The molecular formula is C19H19ClF3NO3S. The van der Waals surface area contributed by atoms with Crippen LogP contribution in [0.4, 0.5) is 13.2 Å². The molecule has 1 aliphatic rings. The van der Waals surface area contributed by atoms with E-state index in [-0.39, 0.29) is 10.8 Å². The van der Waals surface area contributed by atoms with Crippen molar-refractivity contribution in [2.24, 2.45) is 0 Å². The fourth-order valence-corrected chi connectivity index (χ4v) is 4.94. The van der Waals surface area contributed by atoms with Gasteiger partial charge in [0.05, 0.1) is 4.90 Å². The molecule has 3 rings (SSSR count). The van der Waals surface area contributed by atoms with Gasteiger partial charge in [-0.15, -0.1) is 13.2 Å². The van der Waals surface area contributed by atoms with Gasteiger partial charge in [-0.05, 0) is 60.7 Å². The van der Waals surface area contributed by atoms with Gasteiger partial charge in [0, 0.05) is 18.1 Å². The van der Waals surface area contributed by atoms with E-state index in [1.165, 1.54) is 4.31 Å². The molecule has 0 radical (unpaired) electrons. The van der Waals surface area contributed by atoms with Gasteiger partial charge in [-0.25, -0.2) is 8.42 Å². The van der Waals surface area contributed by atoms with E-state index in [1.807, 2.05) is 12.1 Å². The summed E-state index contributed by atoms with van der Waals surface area (Å²) in [6.45, 7) is 0.679. The average Bonchev–Trinajstić information content (AvgIpc) is 2.88. The molecule has 0 bridgehead atoms. The van der Waals surface area contributed by atoms with Crippen molar-refractivity contribution in [1.82, 2.24) is 4.31 Å². The second-order valence-electron chi connectivity index (χ2n) is 6.63. The lowest BCUT2D eigenvalue weighted by atomic mass is 9.95. The molecule has 28 heavy (non-hydrogen) atoms.